The standard InChI is InChI=1S/C17H21ClN2O/c18-17-10-15(11-19)6-7-16(17)13-20(8-9-21)12-14-4-2-1-3-5-14/h1-7,10,21H,8-9,11-13,19H2. The van der Waals surface area contributed by atoms with Crippen molar-refractivity contribution in [3.63, 3.8) is 0 Å². The van der Waals surface area contributed by atoms with E-state index in [4.69, 9.17) is 17.3 Å². The van der Waals surface area contributed by atoms with Crippen LogP contribution in [0.1, 0.15) is 16.7 Å². The van der Waals surface area contributed by atoms with Crippen molar-refractivity contribution in [3.05, 3.63) is 70.2 Å². The van der Waals surface area contributed by atoms with E-state index < -0.39 is 0 Å². The largest absolute Gasteiger partial charge is 0.395 e. The molecule has 0 aliphatic rings. The van der Waals surface area contributed by atoms with Crippen LogP contribution in [-0.4, -0.2) is 23.2 Å². The number of hydrogen-bond donors (Lipinski definition) is 2. The lowest BCUT2D eigenvalue weighted by molar-refractivity contribution is 0.184. The molecule has 0 amide bonds. The number of nitrogens with zero attached hydrogens (tertiary/aromatic N) is 1. The van der Waals surface area contributed by atoms with E-state index in [2.05, 4.69) is 17.0 Å². The lowest BCUT2D eigenvalue weighted by Gasteiger charge is -2.22. The minimum absolute atomic E-state index is 0.130. The quantitative estimate of drug-likeness (QED) is 0.827. The van der Waals surface area contributed by atoms with Crippen LogP contribution in [0.3, 0.4) is 0 Å². The maximum absolute atomic E-state index is 9.25. The predicted octanol–water partition coefficient (Wildman–Crippen LogP) is 2.79. The summed E-state index contributed by atoms with van der Waals surface area (Å²) in [7, 11) is 0. The van der Waals surface area contributed by atoms with Gasteiger partial charge >= 0.3 is 0 Å². The minimum atomic E-state index is 0.130. The highest BCUT2D eigenvalue weighted by Crippen LogP contribution is 2.20. The fourth-order valence-corrected chi connectivity index (χ4v) is 2.55. The summed E-state index contributed by atoms with van der Waals surface area (Å²) in [6.45, 7) is 2.73. The number of aliphatic hydroxyl groups excluding tert-OH is 1. The van der Waals surface area contributed by atoms with Gasteiger partial charge in [0.15, 0.2) is 0 Å². The third-order valence-corrected chi connectivity index (χ3v) is 3.76. The molecule has 21 heavy (non-hydrogen) atoms. The van der Waals surface area contributed by atoms with Gasteiger partial charge in [0.25, 0.3) is 0 Å². The van der Waals surface area contributed by atoms with Gasteiger partial charge in [-0.3, -0.25) is 4.90 Å². The highest BCUT2D eigenvalue weighted by atomic mass is 35.5. The fourth-order valence-electron chi connectivity index (χ4n) is 2.28. The minimum Gasteiger partial charge on any atom is -0.395 e. The third kappa shape index (κ3) is 4.83. The molecule has 0 atom stereocenters. The smallest absolute Gasteiger partial charge is 0.0558 e. The van der Waals surface area contributed by atoms with E-state index in [1.807, 2.05) is 36.4 Å². The van der Waals surface area contributed by atoms with Crippen LogP contribution in [0.2, 0.25) is 5.02 Å². The Bertz CT molecular complexity index is 560. The van der Waals surface area contributed by atoms with Gasteiger partial charge in [0.2, 0.25) is 0 Å². The molecule has 0 saturated carbocycles. The van der Waals surface area contributed by atoms with Crippen molar-refractivity contribution in [3.8, 4) is 0 Å². The molecule has 0 saturated heterocycles. The Morgan fingerprint density at radius 1 is 1.00 bits per heavy atom. The van der Waals surface area contributed by atoms with Crippen LogP contribution < -0.4 is 5.73 Å². The van der Waals surface area contributed by atoms with E-state index in [0.29, 0.717) is 19.6 Å². The van der Waals surface area contributed by atoms with Gasteiger partial charge in [-0.15, -0.1) is 0 Å². The molecule has 0 aliphatic heterocycles. The predicted molar refractivity (Wildman–Crippen MR) is 87.0 cm³/mol. The second-order valence-electron chi connectivity index (χ2n) is 5.05. The molecule has 0 bridgehead atoms. The molecule has 0 aliphatic carbocycles. The SMILES string of the molecule is NCc1ccc(CN(CCO)Cc2ccccc2)c(Cl)c1. The molecule has 0 fully saturated rings. The van der Waals surface area contributed by atoms with Crippen LogP contribution in [0.4, 0.5) is 0 Å². The van der Waals surface area contributed by atoms with Crippen LogP contribution in [-0.2, 0) is 19.6 Å². The van der Waals surface area contributed by atoms with Gasteiger partial charge in [0.05, 0.1) is 6.61 Å². The molecule has 2 rings (SSSR count). The van der Waals surface area contributed by atoms with E-state index in [0.717, 1.165) is 22.7 Å². The van der Waals surface area contributed by atoms with E-state index in [1.54, 1.807) is 0 Å². The summed E-state index contributed by atoms with van der Waals surface area (Å²) in [5.41, 5.74) is 8.92. The monoisotopic (exact) mass is 304 g/mol. The second kappa shape index (κ2) is 8.15. The molecule has 0 spiro atoms. The summed E-state index contributed by atoms with van der Waals surface area (Å²) in [6, 6.07) is 16.2. The fraction of sp³-hybridized carbons (Fsp3) is 0.294. The second-order valence-corrected chi connectivity index (χ2v) is 5.46. The van der Waals surface area contributed by atoms with Crippen LogP contribution in [0.5, 0.6) is 0 Å². The van der Waals surface area contributed by atoms with Gasteiger partial charge < -0.3 is 10.8 Å². The summed E-state index contributed by atoms with van der Waals surface area (Å²) in [6.07, 6.45) is 0. The lowest BCUT2D eigenvalue weighted by atomic mass is 10.1. The summed E-state index contributed by atoms with van der Waals surface area (Å²) in [4.78, 5) is 2.18. The van der Waals surface area contributed by atoms with E-state index in [9.17, 15) is 5.11 Å². The van der Waals surface area contributed by atoms with Crippen molar-refractivity contribution in [1.29, 1.82) is 0 Å². The number of benzene rings is 2. The molecule has 0 unspecified atom stereocenters. The summed E-state index contributed by atoms with van der Waals surface area (Å²) in [5.74, 6) is 0. The summed E-state index contributed by atoms with van der Waals surface area (Å²) >= 11 is 6.31. The summed E-state index contributed by atoms with van der Waals surface area (Å²) in [5, 5.41) is 9.98. The zero-order valence-electron chi connectivity index (χ0n) is 12.0. The van der Waals surface area contributed by atoms with Gasteiger partial charge in [-0.2, -0.15) is 0 Å². The number of nitrogens with two attached hydrogens (primary N) is 1. The molecule has 3 N–H and O–H groups in total. The first-order chi connectivity index (χ1) is 10.2. The molecule has 112 valence electrons. The number of hydrogen-bond acceptors (Lipinski definition) is 3. The molecule has 2 aromatic carbocycles. The topological polar surface area (TPSA) is 49.5 Å². The van der Waals surface area contributed by atoms with Crippen molar-refractivity contribution < 1.29 is 5.11 Å². The first-order valence-corrected chi connectivity index (χ1v) is 7.45. The molecule has 0 radical (unpaired) electrons. The molecule has 2 aromatic rings. The zero-order valence-corrected chi connectivity index (χ0v) is 12.8. The maximum Gasteiger partial charge on any atom is 0.0558 e. The maximum atomic E-state index is 9.25. The van der Waals surface area contributed by atoms with E-state index in [1.165, 1.54) is 5.56 Å². The van der Waals surface area contributed by atoms with Crippen molar-refractivity contribution in [2.24, 2.45) is 5.73 Å². The molecule has 0 heterocycles. The Hall–Kier alpha value is -1.39. The van der Waals surface area contributed by atoms with Gasteiger partial charge in [-0.05, 0) is 22.8 Å². The molecular formula is C17H21ClN2O. The van der Waals surface area contributed by atoms with Crippen LogP contribution >= 0.6 is 11.6 Å². The molecule has 3 nitrogen and oxygen atoms in total. The van der Waals surface area contributed by atoms with Crippen molar-refractivity contribution in [2.45, 2.75) is 19.6 Å². The number of aliphatic hydroxyl groups is 1. The Morgan fingerprint density at radius 3 is 2.38 bits per heavy atom. The Labute approximate surface area is 131 Å². The zero-order chi connectivity index (χ0) is 15.1. The number of halogens is 1. The van der Waals surface area contributed by atoms with Gasteiger partial charge in [0.1, 0.15) is 0 Å². The normalized spacial score (nSPS) is 11.0. The van der Waals surface area contributed by atoms with Crippen LogP contribution in [0, 0.1) is 0 Å². The first kappa shape index (κ1) is 16.0. The Balaban J connectivity index is 2.09. The molecule has 4 heteroatoms. The van der Waals surface area contributed by atoms with Gasteiger partial charge in [-0.1, -0.05) is 54.1 Å². The Kier molecular flexibility index (Phi) is 6.21. The number of rotatable bonds is 7. The van der Waals surface area contributed by atoms with Crippen molar-refractivity contribution in [1.82, 2.24) is 4.90 Å². The lowest BCUT2D eigenvalue weighted by Crippen LogP contribution is -2.26. The highest BCUT2D eigenvalue weighted by molar-refractivity contribution is 6.31. The van der Waals surface area contributed by atoms with Crippen molar-refractivity contribution in [2.75, 3.05) is 13.2 Å². The molecule has 0 aromatic heterocycles. The Morgan fingerprint density at radius 2 is 1.76 bits per heavy atom. The highest BCUT2D eigenvalue weighted by Gasteiger charge is 2.09. The van der Waals surface area contributed by atoms with Crippen LogP contribution in [0.25, 0.3) is 0 Å². The molecular weight excluding hydrogens is 284 g/mol. The summed E-state index contributed by atoms with van der Waals surface area (Å²) < 4.78 is 0. The van der Waals surface area contributed by atoms with Gasteiger partial charge in [0, 0.05) is 31.2 Å². The third-order valence-electron chi connectivity index (χ3n) is 3.41. The first-order valence-electron chi connectivity index (χ1n) is 7.07. The van der Waals surface area contributed by atoms with E-state index in [-0.39, 0.29) is 6.61 Å². The average Bonchev–Trinajstić information content (AvgIpc) is 2.50. The average molecular weight is 305 g/mol. The van der Waals surface area contributed by atoms with Crippen LogP contribution in [0.15, 0.2) is 48.5 Å². The van der Waals surface area contributed by atoms with Crippen molar-refractivity contribution >= 4 is 11.6 Å². The van der Waals surface area contributed by atoms with E-state index >= 15 is 0 Å². The van der Waals surface area contributed by atoms with Gasteiger partial charge in [-0.25, -0.2) is 0 Å².